The van der Waals surface area contributed by atoms with Crippen LogP contribution < -0.4 is 0 Å². The summed E-state index contributed by atoms with van der Waals surface area (Å²) in [5, 5.41) is 0. The first-order chi connectivity index (χ1) is 40.5. The molecule has 0 aliphatic heterocycles. The summed E-state index contributed by atoms with van der Waals surface area (Å²) in [6.45, 7) is 6.30. The molecule has 1 unspecified atom stereocenters. The molecule has 0 N–H and O–H groups in total. The minimum Gasteiger partial charge on any atom is -0.462 e. The predicted molar refractivity (Wildman–Crippen MR) is 357 cm³/mol. The largest absolute Gasteiger partial charge is 0.462 e. The van der Waals surface area contributed by atoms with Crippen LogP contribution in [0.3, 0.4) is 0 Å². The van der Waals surface area contributed by atoms with E-state index in [1.54, 1.807) is 0 Å². The lowest BCUT2D eigenvalue weighted by atomic mass is 10.0. The highest BCUT2D eigenvalue weighted by atomic mass is 16.6. The van der Waals surface area contributed by atoms with E-state index in [0.717, 1.165) is 122 Å². The van der Waals surface area contributed by atoms with E-state index < -0.39 is 12.1 Å². The summed E-state index contributed by atoms with van der Waals surface area (Å²) in [4.78, 5) is 38.2. The summed E-state index contributed by atoms with van der Waals surface area (Å²) in [6, 6.07) is 0. The molecule has 82 heavy (non-hydrogen) atoms. The molecule has 0 amide bonds. The summed E-state index contributed by atoms with van der Waals surface area (Å²) in [6.07, 6.45) is 98.0. The number of hydrogen-bond acceptors (Lipinski definition) is 6. The van der Waals surface area contributed by atoms with E-state index in [1.807, 2.05) is 6.08 Å². The molecule has 0 aromatic carbocycles. The van der Waals surface area contributed by atoms with E-state index in [4.69, 9.17) is 14.2 Å². The van der Waals surface area contributed by atoms with Crippen LogP contribution in [-0.2, 0) is 28.6 Å². The van der Waals surface area contributed by atoms with Gasteiger partial charge in [-0.3, -0.25) is 14.4 Å². The Hall–Kier alpha value is -4.45. The highest BCUT2D eigenvalue weighted by Crippen LogP contribution is 2.17. The zero-order chi connectivity index (χ0) is 59.2. The Kier molecular flexibility index (Phi) is 65.3. The third-order valence-corrected chi connectivity index (χ3v) is 14.4. The third-order valence-electron chi connectivity index (χ3n) is 14.4. The normalized spacial score (nSPS) is 13.0. The van der Waals surface area contributed by atoms with Gasteiger partial charge in [-0.25, -0.2) is 0 Å². The topological polar surface area (TPSA) is 78.9 Å². The van der Waals surface area contributed by atoms with Gasteiger partial charge >= 0.3 is 17.9 Å². The molecule has 0 radical (unpaired) electrons. The molecule has 0 aromatic rings. The summed E-state index contributed by atoms with van der Waals surface area (Å²) in [5.74, 6) is -1.00. The first-order valence-corrected chi connectivity index (χ1v) is 34.2. The van der Waals surface area contributed by atoms with E-state index >= 15 is 0 Å². The van der Waals surface area contributed by atoms with Crippen LogP contribution in [0.5, 0.6) is 0 Å². The zero-order valence-corrected chi connectivity index (χ0v) is 53.5. The maximum Gasteiger partial charge on any atom is 0.306 e. The van der Waals surface area contributed by atoms with Gasteiger partial charge in [0.25, 0.3) is 0 Å². The maximum atomic E-state index is 12.8. The second-order valence-corrected chi connectivity index (χ2v) is 22.3. The van der Waals surface area contributed by atoms with Crippen molar-refractivity contribution in [1.82, 2.24) is 0 Å². The monoisotopic (exact) mass is 1130 g/mol. The Morgan fingerprint density at radius 1 is 0.256 bits per heavy atom. The van der Waals surface area contributed by atoms with Crippen molar-refractivity contribution in [3.63, 3.8) is 0 Å². The van der Waals surface area contributed by atoms with Crippen LogP contribution in [0.15, 0.2) is 134 Å². The number of esters is 3. The number of hydrogen-bond donors (Lipinski definition) is 0. The molecule has 6 nitrogen and oxygen atoms in total. The summed E-state index contributed by atoms with van der Waals surface area (Å²) < 4.78 is 16.8. The van der Waals surface area contributed by atoms with Gasteiger partial charge in [0.05, 0.1) is 0 Å². The Balaban J connectivity index is 4.15. The molecule has 466 valence electrons. The zero-order valence-electron chi connectivity index (χ0n) is 53.5. The van der Waals surface area contributed by atoms with Crippen LogP contribution >= 0.6 is 0 Å². The molecule has 0 bridgehead atoms. The average Bonchev–Trinajstić information content (AvgIpc) is 3.48. The van der Waals surface area contributed by atoms with E-state index in [9.17, 15) is 14.4 Å². The lowest BCUT2D eigenvalue weighted by molar-refractivity contribution is -0.166. The first kappa shape index (κ1) is 77.5. The van der Waals surface area contributed by atoms with Gasteiger partial charge in [-0.1, -0.05) is 309 Å². The number of ether oxygens (including phenoxy) is 3. The van der Waals surface area contributed by atoms with E-state index in [0.29, 0.717) is 19.3 Å². The van der Waals surface area contributed by atoms with Crippen molar-refractivity contribution in [2.75, 3.05) is 13.2 Å². The first-order valence-electron chi connectivity index (χ1n) is 34.2. The van der Waals surface area contributed by atoms with Crippen LogP contribution in [0.25, 0.3) is 0 Å². The lowest BCUT2D eigenvalue weighted by Crippen LogP contribution is -2.30. The summed E-state index contributed by atoms with van der Waals surface area (Å²) in [5.41, 5.74) is 0. The van der Waals surface area contributed by atoms with Crippen molar-refractivity contribution < 1.29 is 28.6 Å². The van der Waals surface area contributed by atoms with Crippen LogP contribution in [0.2, 0.25) is 0 Å². The van der Waals surface area contributed by atoms with Crippen molar-refractivity contribution in [3.8, 4) is 0 Å². The summed E-state index contributed by atoms with van der Waals surface area (Å²) in [7, 11) is 0. The molecule has 0 saturated carbocycles. The number of carbonyl (C=O) groups excluding carboxylic acids is 3. The van der Waals surface area contributed by atoms with Gasteiger partial charge in [-0.05, 0) is 116 Å². The standard InChI is InChI=1S/C76H126O6/c1-4-7-10-13-16-19-22-24-26-28-30-31-32-33-34-35-36-37-38-39-40-41-42-43-44-45-47-48-50-52-54-57-60-63-66-69-75(78)81-72-73(71-80-74(77)68-65-62-59-56-21-18-15-12-9-6-3)82-76(79)70-67-64-61-58-55-53-51-49-46-29-27-25-23-20-17-14-11-8-5-2/h7-8,10-12,15-17,19-20,24-27,30-31,46,49,53,55,61,64,73H,4-6,9,13-14,18,21-23,28-29,32-45,47-48,50-52,54,56-60,62-63,65-72H2,1-3H3/b10-7-,11-8-,15-12-,19-16-,20-17-,26-24-,27-25-,31-30-,49-46-,55-53-,64-61-. The van der Waals surface area contributed by atoms with E-state index in [2.05, 4.69) is 148 Å². The van der Waals surface area contributed by atoms with Gasteiger partial charge in [0, 0.05) is 19.3 Å². The maximum absolute atomic E-state index is 12.8. The number of allylic oxidation sites excluding steroid dienone is 22. The SMILES string of the molecule is CC/C=C\C/C=C\C/C=C\C/C=C\C/C=C\C/C=C\CCC(=O)OC(COC(=O)CCCCCCC/C=C\CCC)COC(=O)CCCCCCCCCCCCCCCCCCCCCCCC/C=C\C/C=C\C/C=C\C/C=C\CC. The van der Waals surface area contributed by atoms with E-state index in [1.165, 1.54) is 141 Å². The van der Waals surface area contributed by atoms with Crippen molar-refractivity contribution in [1.29, 1.82) is 0 Å². The van der Waals surface area contributed by atoms with Crippen molar-refractivity contribution >= 4 is 17.9 Å². The van der Waals surface area contributed by atoms with Crippen LogP contribution in [-0.4, -0.2) is 37.2 Å². The number of carbonyl (C=O) groups is 3. The molecule has 0 spiro atoms. The van der Waals surface area contributed by atoms with Gasteiger partial charge in [-0.15, -0.1) is 0 Å². The van der Waals surface area contributed by atoms with Gasteiger partial charge in [0.2, 0.25) is 0 Å². The molecule has 0 saturated heterocycles. The van der Waals surface area contributed by atoms with Gasteiger partial charge in [-0.2, -0.15) is 0 Å². The lowest BCUT2D eigenvalue weighted by Gasteiger charge is -2.18. The molecule has 0 aromatic heterocycles. The van der Waals surface area contributed by atoms with Crippen LogP contribution in [0.4, 0.5) is 0 Å². The van der Waals surface area contributed by atoms with Gasteiger partial charge in [0.15, 0.2) is 6.10 Å². The van der Waals surface area contributed by atoms with Crippen molar-refractivity contribution in [2.24, 2.45) is 0 Å². The molecule has 6 heteroatoms. The second-order valence-electron chi connectivity index (χ2n) is 22.3. The molecule has 0 fully saturated rings. The molecular weight excluding hydrogens is 1010 g/mol. The average molecular weight is 1140 g/mol. The van der Waals surface area contributed by atoms with Gasteiger partial charge < -0.3 is 14.2 Å². The third kappa shape index (κ3) is 66.4. The number of unbranched alkanes of at least 4 members (excludes halogenated alkanes) is 28. The van der Waals surface area contributed by atoms with Crippen LogP contribution in [0.1, 0.15) is 310 Å². The smallest absolute Gasteiger partial charge is 0.306 e. The quantitative estimate of drug-likeness (QED) is 0.0261. The molecule has 1 atom stereocenters. The number of rotatable bonds is 61. The van der Waals surface area contributed by atoms with Crippen molar-refractivity contribution in [3.05, 3.63) is 134 Å². The second kappa shape index (κ2) is 69.0. The molecular formula is C76H126O6. The fourth-order valence-electron chi connectivity index (χ4n) is 9.35. The van der Waals surface area contributed by atoms with Gasteiger partial charge in [0.1, 0.15) is 13.2 Å². The molecule has 0 rings (SSSR count). The Morgan fingerprint density at radius 2 is 0.500 bits per heavy atom. The van der Waals surface area contributed by atoms with Crippen molar-refractivity contribution in [2.45, 2.75) is 316 Å². The highest BCUT2D eigenvalue weighted by molar-refractivity contribution is 5.71. The Bertz CT molecular complexity index is 1730. The fourth-order valence-corrected chi connectivity index (χ4v) is 9.35. The van der Waals surface area contributed by atoms with Crippen LogP contribution in [0, 0.1) is 0 Å². The minimum atomic E-state index is -0.824. The molecule has 0 aliphatic rings. The molecule has 0 aliphatic carbocycles. The Labute approximate surface area is 506 Å². The fraction of sp³-hybridized carbons (Fsp3) is 0.671. The minimum absolute atomic E-state index is 0.111. The molecule has 0 heterocycles. The highest BCUT2D eigenvalue weighted by Gasteiger charge is 2.19. The Morgan fingerprint density at radius 3 is 0.805 bits per heavy atom. The predicted octanol–water partition coefficient (Wildman–Crippen LogP) is 23.7. The van der Waals surface area contributed by atoms with E-state index in [-0.39, 0.29) is 31.6 Å². The summed E-state index contributed by atoms with van der Waals surface area (Å²) >= 11 is 0.